The molecule has 0 aromatic heterocycles. The first-order valence-electron chi connectivity index (χ1n) is 11.7. The van der Waals surface area contributed by atoms with Gasteiger partial charge in [-0.1, -0.05) is 0 Å². The number of carbonyl (C=O) groups excluding carboxylic acids is 4. The Morgan fingerprint density at radius 2 is 1.23 bits per heavy atom. The van der Waals surface area contributed by atoms with Crippen molar-refractivity contribution in [2.45, 2.75) is 12.8 Å². The van der Waals surface area contributed by atoms with Crippen LogP contribution < -0.4 is 22.1 Å². The summed E-state index contributed by atoms with van der Waals surface area (Å²) in [7, 11) is 1.28. The van der Waals surface area contributed by atoms with Crippen LogP contribution in [0.4, 0.5) is 0 Å². The second-order valence-electron chi connectivity index (χ2n) is 7.49. The molecule has 1 aromatic rings. The van der Waals surface area contributed by atoms with E-state index in [1.54, 1.807) is 12.1 Å². The molecule has 0 aliphatic carbocycles. The summed E-state index contributed by atoms with van der Waals surface area (Å²) in [6.45, 7) is 3.85. The molecule has 1 rings (SSSR count). The molecule has 0 spiro atoms. The number of carbonyl (C=O) groups is 4. The van der Waals surface area contributed by atoms with E-state index in [4.69, 9.17) is 9.47 Å². The lowest BCUT2D eigenvalue weighted by Crippen LogP contribution is -2.52. The Morgan fingerprint density at radius 1 is 0.771 bits per heavy atom. The Kier molecular flexibility index (Phi) is 15.7. The third-order valence-electron chi connectivity index (χ3n) is 4.77. The van der Waals surface area contributed by atoms with Crippen molar-refractivity contribution in [1.82, 2.24) is 15.5 Å². The van der Waals surface area contributed by atoms with Gasteiger partial charge < -0.3 is 41.2 Å². The maximum Gasteiger partial charge on any atom is 0.337 e. The van der Waals surface area contributed by atoms with Crippen LogP contribution in [0, 0.1) is 0 Å². The van der Waals surface area contributed by atoms with Gasteiger partial charge in [-0.15, -0.1) is 0 Å². The van der Waals surface area contributed by atoms with E-state index in [2.05, 4.69) is 26.8 Å². The number of rotatable bonds is 18. The van der Waals surface area contributed by atoms with Crippen LogP contribution in [0.25, 0.3) is 0 Å². The Balaban J connectivity index is 2.65. The van der Waals surface area contributed by atoms with Crippen LogP contribution in [-0.4, -0.2) is 101 Å². The number of hydrogen-bond donors (Lipinski definition) is 4. The van der Waals surface area contributed by atoms with Gasteiger partial charge in [-0.3, -0.25) is 14.4 Å². The highest BCUT2D eigenvalue weighted by atomic mass is 16.5. The summed E-state index contributed by atoms with van der Waals surface area (Å²) < 4.78 is 15.2. The van der Waals surface area contributed by atoms with Crippen molar-refractivity contribution in [2.75, 3.05) is 72.8 Å². The minimum Gasteiger partial charge on any atom is -0.465 e. The Morgan fingerprint density at radius 3 is 1.66 bits per heavy atom. The molecule has 0 atom stereocenters. The van der Waals surface area contributed by atoms with Gasteiger partial charge in [-0.25, -0.2) is 4.79 Å². The van der Waals surface area contributed by atoms with Crippen LogP contribution in [0.15, 0.2) is 24.3 Å². The van der Waals surface area contributed by atoms with Gasteiger partial charge in [-0.2, -0.15) is 0 Å². The van der Waals surface area contributed by atoms with Gasteiger partial charge in [0.25, 0.3) is 5.91 Å². The van der Waals surface area contributed by atoms with Crippen LogP contribution in [0.5, 0.6) is 0 Å². The standard InChI is InChI=1S/C23H37N5O7/c1-33-23(32)19-4-2-18(3-5-19)22(31)28(12-10-26-20(29)6-14-34-16-8-24)13-11-27-21(30)7-15-35-17-9-25/h2-5H,6-17,24-25H2,1H3,(H,26,29)(H,27,30)/p+2. The number of ether oxygens (including phenoxy) is 3. The molecule has 196 valence electrons. The Bertz CT molecular complexity index is 759. The summed E-state index contributed by atoms with van der Waals surface area (Å²) in [6, 6.07) is 6.11. The fraction of sp³-hybridized carbons (Fsp3) is 0.565. The molecule has 0 aliphatic rings. The van der Waals surface area contributed by atoms with Gasteiger partial charge in [-0.05, 0) is 24.3 Å². The van der Waals surface area contributed by atoms with E-state index >= 15 is 0 Å². The number of amides is 3. The van der Waals surface area contributed by atoms with Crippen molar-refractivity contribution in [1.29, 1.82) is 0 Å². The number of hydrogen-bond acceptors (Lipinski definition) is 7. The van der Waals surface area contributed by atoms with Crippen molar-refractivity contribution in [2.24, 2.45) is 0 Å². The minimum absolute atomic E-state index is 0.181. The molecule has 0 saturated carbocycles. The highest BCUT2D eigenvalue weighted by Gasteiger charge is 2.17. The van der Waals surface area contributed by atoms with Gasteiger partial charge in [0.15, 0.2) is 0 Å². The van der Waals surface area contributed by atoms with Crippen LogP contribution in [-0.2, 0) is 23.8 Å². The fourth-order valence-electron chi connectivity index (χ4n) is 2.94. The largest absolute Gasteiger partial charge is 0.465 e. The highest BCUT2D eigenvalue weighted by molar-refractivity contribution is 5.96. The number of quaternary nitrogens is 2. The van der Waals surface area contributed by atoms with Gasteiger partial charge in [0, 0.05) is 44.6 Å². The van der Waals surface area contributed by atoms with Crippen molar-refractivity contribution in [3.8, 4) is 0 Å². The van der Waals surface area contributed by atoms with E-state index in [1.165, 1.54) is 24.1 Å². The molecule has 3 amide bonds. The molecular weight excluding hydrogens is 458 g/mol. The normalized spacial score (nSPS) is 10.5. The van der Waals surface area contributed by atoms with Crippen molar-refractivity contribution in [3.05, 3.63) is 35.4 Å². The molecule has 0 unspecified atom stereocenters. The second kappa shape index (κ2) is 18.3. The molecule has 0 saturated heterocycles. The average molecular weight is 498 g/mol. The lowest BCUT2D eigenvalue weighted by Gasteiger charge is -2.23. The molecule has 0 bridgehead atoms. The number of benzene rings is 1. The predicted molar refractivity (Wildman–Crippen MR) is 126 cm³/mol. The van der Waals surface area contributed by atoms with Crippen LogP contribution in [0.3, 0.4) is 0 Å². The van der Waals surface area contributed by atoms with Crippen LogP contribution in [0.1, 0.15) is 33.6 Å². The minimum atomic E-state index is -0.496. The summed E-state index contributed by atoms with van der Waals surface area (Å²) in [5.74, 6) is -1.15. The van der Waals surface area contributed by atoms with Gasteiger partial charge in [0.2, 0.25) is 11.8 Å². The summed E-state index contributed by atoms with van der Waals surface area (Å²) in [5.41, 5.74) is 8.04. The van der Waals surface area contributed by atoms with E-state index < -0.39 is 5.97 Å². The number of nitrogens with one attached hydrogen (secondary N) is 2. The molecular formula is C23H39N5O7+2. The lowest BCUT2D eigenvalue weighted by atomic mass is 10.1. The monoisotopic (exact) mass is 497 g/mol. The molecule has 0 aliphatic heterocycles. The Hall–Kier alpha value is -3.06. The molecule has 0 fully saturated rings. The molecule has 8 N–H and O–H groups in total. The SMILES string of the molecule is COC(=O)c1ccc(C(=O)N(CCNC(=O)CCOCC[NH3+])CCNC(=O)CCOCC[NH3+])cc1. The van der Waals surface area contributed by atoms with Crippen LogP contribution >= 0.6 is 0 Å². The van der Waals surface area contributed by atoms with Crippen molar-refractivity contribution >= 4 is 23.7 Å². The summed E-state index contributed by atoms with van der Waals surface area (Å²) >= 11 is 0. The maximum absolute atomic E-state index is 13.1. The number of esters is 1. The average Bonchev–Trinajstić information content (AvgIpc) is 2.87. The maximum atomic E-state index is 13.1. The van der Waals surface area contributed by atoms with Crippen molar-refractivity contribution in [3.63, 3.8) is 0 Å². The number of nitrogens with zero attached hydrogens (tertiary/aromatic N) is 1. The van der Waals surface area contributed by atoms with Gasteiger partial charge in [0.05, 0.1) is 52.2 Å². The van der Waals surface area contributed by atoms with Gasteiger partial charge in [0.1, 0.15) is 0 Å². The second-order valence-corrected chi connectivity index (χ2v) is 7.49. The molecule has 35 heavy (non-hydrogen) atoms. The Labute approximate surface area is 205 Å². The molecule has 0 heterocycles. The zero-order chi connectivity index (χ0) is 25.9. The molecule has 0 radical (unpaired) electrons. The topological polar surface area (TPSA) is 179 Å². The predicted octanol–water partition coefficient (Wildman–Crippen LogP) is -2.55. The first-order valence-corrected chi connectivity index (χ1v) is 11.7. The zero-order valence-corrected chi connectivity index (χ0v) is 20.5. The molecule has 12 heteroatoms. The van der Waals surface area contributed by atoms with Crippen LogP contribution in [0.2, 0.25) is 0 Å². The first kappa shape index (κ1) is 30.0. The van der Waals surface area contributed by atoms with E-state index in [0.29, 0.717) is 50.6 Å². The summed E-state index contributed by atoms with van der Waals surface area (Å²) in [5, 5.41) is 5.54. The third kappa shape index (κ3) is 12.8. The lowest BCUT2D eigenvalue weighted by molar-refractivity contribution is -0.374. The fourth-order valence-corrected chi connectivity index (χ4v) is 2.94. The van der Waals surface area contributed by atoms with Gasteiger partial charge >= 0.3 is 5.97 Å². The van der Waals surface area contributed by atoms with Crippen molar-refractivity contribution < 1.29 is 44.9 Å². The quantitative estimate of drug-likeness (QED) is 0.127. The molecule has 1 aromatic carbocycles. The van der Waals surface area contributed by atoms with E-state index in [1.807, 2.05) is 0 Å². The van der Waals surface area contributed by atoms with E-state index in [9.17, 15) is 19.2 Å². The molecule has 12 nitrogen and oxygen atoms in total. The summed E-state index contributed by atoms with van der Waals surface area (Å²) in [4.78, 5) is 50.2. The summed E-state index contributed by atoms with van der Waals surface area (Å²) in [6.07, 6.45) is 0.435. The van der Waals surface area contributed by atoms with E-state index in [-0.39, 0.29) is 56.7 Å². The third-order valence-corrected chi connectivity index (χ3v) is 4.77. The first-order chi connectivity index (χ1) is 16.9. The smallest absolute Gasteiger partial charge is 0.337 e. The number of methoxy groups -OCH3 is 1. The van der Waals surface area contributed by atoms with E-state index in [0.717, 1.165) is 0 Å². The highest BCUT2D eigenvalue weighted by Crippen LogP contribution is 2.09. The zero-order valence-electron chi connectivity index (χ0n) is 20.5.